The van der Waals surface area contributed by atoms with E-state index < -0.39 is 17.7 Å². The number of benzene rings is 1. The van der Waals surface area contributed by atoms with Crippen LogP contribution >= 0.6 is 0 Å². The number of anilines is 1. The van der Waals surface area contributed by atoms with Crippen molar-refractivity contribution in [1.29, 1.82) is 0 Å². The first-order chi connectivity index (χ1) is 12.1. The van der Waals surface area contributed by atoms with Crippen molar-refractivity contribution in [3.05, 3.63) is 72.3 Å². The van der Waals surface area contributed by atoms with E-state index in [4.69, 9.17) is 0 Å². The molecule has 0 saturated carbocycles. The minimum atomic E-state index is -0.481. The van der Waals surface area contributed by atoms with Crippen LogP contribution in [0.3, 0.4) is 0 Å². The summed E-state index contributed by atoms with van der Waals surface area (Å²) in [5.41, 5.74) is 1.56. The van der Waals surface area contributed by atoms with Crippen LogP contribution in [-0.2, 0) is 0 Å². The molecule has 6 nitrogen and oxygen atoms in total. The van der Waals surface area contributed by atoms with Crippen molar-refractivity contribution in [2.24, 2.45) is 0 Å². The van der Waals surface area contributed by atoms with Gasteiger partial charge in [0.25, 0.3) is 0 Å². The van der Waals surface area contributed by atoms with Crippen molar-refractivity contribution < 1.29 is 8.78 Å². The quantitative estimate of drug-likeness (QED) is 0.619. The summed E-state index contributed by atoms with van der Waals surface area (Å²) in [6, 6.07) is 6.47. The average molecular weight is 340 g/mol. The van der Waals surface area contributed by atoms with Crippen molar-refractivity contribution in [2.45, 2.75) is 13.0 Å². The van der Waals surface area contributed by atoms with Gasteiger partial charge in [-0.2, -0.15) is 10.2 Å². The minimum Gasteiger partial charge on any atom is -0.363 e. The Bertz CT molecular complexity index is 1020. The van der Waals surface area contributed by atoms with E-state index in [1.54, 1.807) is 53.0 Å². The lowest BCUT2D eigenvalue weighted by atomic mass is 10.1. The van der Waals surface area contributed by atoms with Crippen LogP contribution in [0.5, 0.6) is 0 Å². The maximum absolute atomic E-state index is 13.9. The molecule has 0 aliphatic carbocycles. The molecule has 0 aliphatic rings. The van der Waals surface area contributed by atoms with Crippen molar-refractivity contribution in [1.82, 2.24) is 24.4 Å². The number of nitrogens with one attached hydrogen (secondary N) is 1. The molecule has 25 heavy (non-hydrogen) atoms. The molecule has 4 rings (SSSR count). The minimum absolute atomic E-state index is 0.238. The maximum atomic E-state index is 13.9. The van der Waals surface area contributed by atoms with Gasteiger partial charge in [0.05, 0.1) is 12.2 Å². The number of halogens is 2. The van der Waals surface area contributed by atoms with Gasteiger partial charge in [-0.25, -0.2) is 23.0 Å². The largest absolute Gasteiger partial charge is 0.363 e. The summed E-state index contributed by atoms with van der Waals surface area (Å²) >= 11 is 0. The molecule has 0 fully saturated rings. The van der Waals surface area contributed by atoms with Gasteiger partial charge in [-0.05, 0) is 37.3 Å². The molecule has 0 amide bonds. The van der Waals surface area contributed by atoms with E-state index in [1.807, 2.05) is 0 Å². The second kappa shape index (κ2) is 5.97. The smallest absolute Gasteiger partial charge is 0.183 e. The standard InChI is InChI=1S/C17H14F2N6/c1-11(13-9-12(18)3-4-14(13)19)22-16-5-8-25-17(23-16)15(10-21-25)24-7-2-6-20-24/h2-11H,1H3,(H,22,23)/t11-/m1/s1. The Morgan fingerprint density at radius 1 is 1.12 bits per heavy atom. The summed E-state index contributed by atoms with van der Waals surface area (Å²) in [5, 5.41) is 11.5. The lowest BCUT2D eigenvalue weighted by Gasteiger charge is -2.16. The number of fused-ring (bicyclic) bond motifs is 1. The summed E-state index contributed by atoms with van der Waals surface area (Å²) in [7, 11) is 0. The molecule has 1 N–H and O–H groups in total. The van der Waals surface area contributed by atoms with Crippen LogP contribution in [-0.4, -0.2) is 24.4 Å². The first kappa shape index (κ1) is 15.3. The highest BCUT2D eigenvalue weighted by Gasteiger charge is 2.14. The highest BCUT2D eigenvalue weighted by atomic mass is 19.1. The van der Waals surface area contributed by atoms with Crippen molar-refractivity contribution in [2.75, 3.05) is 5.32 Å². The van der Waals surface area contributed by atoms with E-state index in [0.717, 1.165) is 17.8 Å². The Kier molecular flexibility index (Phi) is 3.64. The summed E-state index contributed by atoms with van der Waals surface area (Å²) in [5.74, 6) is -0.424. The molecule has 0 aliphatic heterocycles. The molecule has 1 aromatic carbocycles. The molecule has 126 valence electrons. The Morgan fingerprint density at radius 3 is 2.80 bits per heavy atom. The van der Waals surface area contributed by atoms with Gasteiger partial charge in [0, 0.05) is 24.2 Å². The van der Waals surface area contributed by atoms with Crippen LogP contribution in [0.4, 0.5) is 14.6 Å². The van der Waals surface area contributed by atoms with E-state index in [0.29, 0.717) is 11.5 Å². The molecule has 3 aromatic heterocycles. The van der Waals surface area contributed by atoms with E-state index in [2.05, 4.69) is 20.5 Å². The van der Waals surface area contributed by atoms with E-state index in [9.17, 15) is 8.78 Å². The fraction of sp³-hybridized carbons (Fsp3) is 0.118. The van der Waals surface area contributed by atoms with Crippen LogP contribution in [0.25, 0.3) is 11.3 Å². The molecule has 0 radical (unpaired) electrons. The number of rotatable bonds is 4. The van der Waals surface area contributed by atoms with Gasteiger partial charge in [-0.15, -0.1) is 0 Å². The van der Waals surface area contributed by atoms with E-state index in [1.165, 1.54) is 6.07 Å². The van der Waals surface area contributed by atoms with E-state index >= 15 is 0 Å². The molecule has 0 bridgehead atoms. The van der Waals surface area contributed by atoms with E-state index in [-0.39, 0.29) is 5.56 Å². The molecular weight excluding hydrogens is 326 g/mol. The highest BCUT2D eigenvalue weighted by molar-refractivity contribution is 5.60. The summed E-state index contributed by atoms with van der Waals surface area (Å²) in [4.78, 5) is 4.52. The summed E-state index contributed by atoms with van der Waals surface area (Å²) in [6.07, 6.45) is 6.87. The highest BCUT2D eigenvalue weighted by Crippen LogP contribution is 2.23. The number of nitrogens with zero attached hydrogens (tertiary/aromatic N) is 5. The SMILES string of the molecule is C[C@@H](Nc1ccn2ncc(-n3cccn3)c2n1)c1cc(F)ccc1F. The third-order valence-corrected chi connectivity index (χ3v) is 3.89. The topological polar surface area (TPSA) is 60.0 Å². The normalized spacial score (nSPS) is 12.4. The maximum Gasteiger partial charge on any atom is 0.183 e. The van der Waals surface area contributed by atoms with Gasteiger partial charge in [-0.3, -0.25) is 0 Å². The van der Waals surface area contributed by atoms with Gasteiger partial charge in [0.1, 0.15) is 23.1 Å². The first-order valence-corrected chi connectivity index (χ1v) is 7.68. The molecule has 0 spiro atoms. The Labute approximate surface area is 141 Å². The van der Waals surface area contributed by atoms with Crippen LogP contribution in [0.15, 0.2) is 55.1 Å². The third kappa shape index (κ3) is 2.82. The van der Waals surface area contributed by atoms with Gasteiger partial charge in [0.15, 0.2) is 5.65 Å². The summed E-state index contributed by atoms with van der Waals surface area (Å²) < 4.78 is 30.6. The van der Waals surface area contributed by atoms with Gasteiger partial charge in [0.2, 0.25) is 0 Å². The van der Waals surface area contributed by atoms with Gasteiger partial charge < -0.3 is 5.32 Å². The molecule has 4 aromatic rings. The van der Waals surface area contributed by atoms with Crippen LogP contribution in [0.1, 0.15) is 18.5 Å². The zero-order valence-electron chi connectivity index (χ0n) is 13.3. The van der Waals surface area contributed by atoms with Crippen LogP contribution < -0.4 is 5.32 Å². The third-order valence-electron chi connectivity index (χ3n) is 3.89. The Morgan fingerprint density at radius 2 is 2.00 bits per heavy atom. The molecule has 3 heterocycles. The van der Waals surface area contributed by atoms with Crippen molar-refractivity contribution >= 4 is 11.5 Å². The Hall–Kier alpha value is -3.29. The zero-order valence-corrected chi connectivity index (χ0v) is 13.3. The molecule has 0 saturated heterocycles. The fourth-order valence-electron chi connectivity index (χ4n) is 2.66. The predicted molar refractivity (Wildman–Crippen MR) is 88.5 cm³/mol. The fourth-order valence-corrected chi connectivity index (χ4v) is 2.66. The lowest BCUT2D eigenvalue weighted by molar-refractivity contribution is 0.577. The number of hydrogen-bond donors (Lipinski definition) is 1. The summed E-state index contributed by atoms with van der Waals surface area (Å²) in [6.45, 7) is 1.74. The second-order valence-electron chi connectivity index (χ2n) is 5.59. The zero-order chi connectivity index (χ0) is 17.4. The van der Waals surface area contributed by atoms with Crippen molar-refractivity contribution in [3.63, 3.8) is 0 Å². The molecule has 0 unspecified atom stereocenters. The van der Waals surface area contributed by atoms with Crippen LogP contribution in [0, 0.1) is 11.6 Å². The molecule has 1 atom stereocenters. The van der Waals surface area contributed by atoms with Crippen LogP contribution in [0.2, 0.25) is 0 Å². The predicted octanol–water partition coefficient (Wildman–Crippen LogP) is 3.37. The van der Waals surface area contributed by atoms with Gasteiger partial charge in [-0.1, -0.05) is 0 Å². The monoisotopic (exact) mass is 340 g/mol. The number of hydrogen-bond acceptors (Lipinski definition) is 4. The average Bonchev–Trinajstić information content (AvgIpc) is 3.25. The number of aromatic nitrogens is 5. The Balaban J connectivity index is 1.68. The molecule has 8 heteroatoms. The van der Waals surface area contributed by atoms with Crippen molar-refractivity contribution in [3.8, 4) is 5.69 Å². The first-order valence-electron chi connectivity index (χ1n) is 7.68. The second-order valence-corrected chi connectivity index (χ2v) is 5.59. The molecular formula is C17H14F2N6. The van der Waals surface area contributed by atoms with Gasteiger partial charge >= 0.3 is 0 Å². The lowest BCUT2D eigenvalue weighted by Crippen LogP contribution is -2.11.